The maximum absolute atomic E-state index is 11.9. The van der Waals surface area contributed by atoms with Crippen molar-refractivity contribution in [3.05, 3.63) is 29.8 Å². The highest BCUT2D eigenvalue weighted by atomic mass is 16.6. The van der Waals surface area contributed by atoms with E-state index >= 15 is 0 Å². The van der Waals surface area contributed by atoms with Crippen LogP contribution in [0.4, 0.5) is 0 Å². The third-order valence-corrected chi connectivity index (χ3v) is 2.90. The van der Waals surface area contributed by atoms with Crippen molar-refractivity contribution in [3.63, 3.8) is 0 Å². The Hall–Kier alpha value is -2.59. The Kier molecular flexibility index (Phi) is 7.57. The molecule has 0 aliphatic heterocycles. The molecule has 7 heteroatoms. The number of carbonyl (C=O) groups is 2. The Morgan fingerprint density at radius 2 is 1.87 bits per heavy atom. The molecule has 1 N–H and O–H groups in total. The summed E-state index contributed by atoms with van der Waals surface area (Å²) in [6, 6.07) is 8.33. The number of rotatable bonds is 8. The number of nitriles is 1. The van der Waals surface area contributed by atoms with Gasteiger partial charge >= 0.3 is 5.97 Å². The van der Waals surface area contributed by atoms with Gasteiger partial charge in [-0.05, 0) is 38.1 Å². The van der Waals surface area contributed by atoms with Crippen molar-refractivity contribution < 1.29 is 23.8 Å². The largest absolute Gasteiger partial charge is 0.479 e. The highest BCUT2D eigenvalue weighted by Gasteiger charge is 2.23. The lowest BCUT2D eigenvalue weighted by molar-refractivity contribution is -0.160. The third kappa shape index (κ3) is 6.36. The first-order valence-corrected chi connectivity index (χ1v) is 7.12. The number of amides is 1. The number of methoxy groups -OCH3 is 1. The normalized spacial score (nSPS) is 12.6. The smallest absolute Gasteiger partial charge is 0.347 e. The minimum absolute atomic E-state index is 0.342. The maximum Gasteiger partial charge on any atom is 0.347 e. The topological polar surface area (TPSA) is 97.7 Å². The lowest BCUT2D eigenvalue weighted by Gasteiger charge is -2.17. The number of nitrogens with one attached hydrogen (secondary N) is 1. The molecular formula is C16H20N2O5. The molecular weight excluding hydrogens is 300 g/mol. The second-order valence-corrected chi connectivity index (χ2v) is 4.76. The average molecular weight is 320 g/mol. The van der Waals surface area contributed by atoms with Crippen LogP contribution in [0.3, 0.4) is 0 Å². The quantitative estimate of drug-likeness (QED) is 0.567. The van der Waals surface area contributed by atoms with E-state index in [4.69, 9.17) is 19.5 Å². The number of hydrogen-bond acceptors (Lipinski definition) is 6. The predicted molar refractivity (Wildman–Crippen MR) is 81.7 cm³/mol. The number of esters is 1. The van der Waals surface area contributed by atoms with Gasteiger partial charge < -0.3 is 19.5 Å². The zero-order valence-corrected chi connectivity index (χ0v) is 13.4. The summed E-state index contributed by atoms with van der Waals surface area (Å²) in [4.78, 5) is 23.6. The van der Waals surface area contributed by atoms with E-state index in [1.807, 2.05) is 6.07 Å². The summed E-state index contributed by atoms with van der Waals surface area (Å²) in [5.74, 6) is -0.615. The summed E-state index contributed by atoms with van der Waals surface area (Å²) >= 11 is 0. The fourth-order valence-corrected chi connectivity index (χ4v) is 1.60. The molecule has 0 bridgehead atoms. The minimum atomic E-state index is -0.925. The van der Waals surface area contributed by atoms with Gasteiger partial charge in [0.2, 0.25) is 0 Å². The maximum atomic E-state index is 11.9. The molecule has 0 aromatic heterocycles. The summed E-state index contributed by atoms with van der Waals surface area (Å²) in [5.41, 5.74) is 0.494. The van der Waals surface area contributed by atoms with E-state index in [1.165, 1.54) is 21.0 Å². The van der Waals surface area contributed by atoms with E-state index < -0.39 is 24.1 Å². The van der Waals surface area contributed by atoms with Crippen LogP contribution in [0, 0.1) is 11.3 Å². The Balaban J connectivity index is 2.46. The zero-order valence-electron chi connectivity index (χ0n) is 13.4. The molecule has 7 nitrogen and oxygen atoms in total. The molecule has 0 aliphatic carbocycles. The molecule has 124 valence electrons. The SMILES string of the molecule is COCCNC(=O)[C@H](C)OC(=O)[C@@H](C)Oc1ccc(C#N)cc1. The molecule has 0 saturated carbocycles. The third-order valence-electron chi connectivity index (χ3n) is 2.90. The number of benzene rings is 1. The van der Waals surface area contributed by atoms with Crippen LogP contribution >= 0.6 is 0 Å². The second-order valence-electron chi connectivity index (χ2n) is 4.76. The fraction of sp³-hybridized carbons (Fsp3) is 0.438. The van der Waals surface area contributed by atoms with Gasteiger partial charge in [-0.15, -0.1) is 0 Å². The van der Waals surface area contributed by atoms with Crippen molar-refractivity contribution in [2.24, 2.45) is 0 Å². The summed E-state index contributed by atoms with van der Waals surface area (Å²) in [6.07, 6.45) is -1.80. The van der Waals surface area contributed by atoms with E-state index in [0.29, 0.717) is 24.5 Å². The molecule has 0 unspecified atom stereocenters. The average Bonchev–Trinajstić information content (AvgIpc) is 2.55. The summed E-state index contributed by atoms with van der Waals surface area (Å²) in [7, 11) is 1.53. The van der Waals surface area contributed by atoms with Crippen LogP contribution in [0.5, 0.6) is 5.75 Å². The molecule has 0 aliphatic rings. The second kappa shape index (κ2) is 9.43. The van der Waals surface area contributed by atoms with Gasteiger partial charge in [0.1, 0.15) is 5.75 Å². The lowest BCUT2D eigenvalue weighted by Crippen LogP contribution is -2.39. The van der Waals surface area contributed by atoms with Crippen molar-refractivity contribution in [3.8, 4) is 11.8 Å². The van der Waals surface area contributed by atoms with Crippen LogP contribution in [0.2, 0.25) is 0 Å². The van der Waals surface area contributed by atoms with E-state index in [2.05, 4.69) is 5.32 Å². The molecule has 1 amide bonds. The Labute approximate surface area is 135 Å². The number of carbonyl (C=O) groups excluding carboxylic acids is 2. The minimum Gasteiger partial charge on any atom is -0.479 e. The molecule has 23 heavy (non-hydrogen) atoms. The van der Waals surface area contributed by atoms with Crippen LogP contribution in [0.15, 0.2) is 24.3 Å². The molecule has 0 fully saturated rings. The zero-order chi connectivity index (χ0) is 17.2. The predicted octanol–water partition coefficient (Wildman–Crippen LogP) is 1.02. The summed E-state index contributed by atoms with van der Waals surface area (Å²) in [5, 5.41) is 11.3. The molecule has 1 aromatic carbocycles. The van der Waals surface area contributed by atoms with E-state index in [1.54, 1.807) is 24.3 Å². The first-order valence-electron chi connectivity index (χ1n) is 7.12. The van der Waals surface area contributed by atoms with Gasteiger partial charge in [0, 0.05) is 13.7 Å². The van der Waals surface area contributed by atoms with Gasteiger partial charge in [0.15, 0.2) is 12.2 Å². The van der Waals surface area contributed by atoms with Crippen LogP contribution in [0.1, 0.15) is 19.4 Å². The van der Waals surface area contributed by atoms with Gasteiger partial charge in [0.05, 0.1) is 18.2 Å². The summed E-state index contributed by atoms with van der Waals surface area (Å²) in [6.45, 7) is 3.73. The lowest BCUT2D eigenvalue weighted by atomic mass is 10.2. The first kappa shape index (κ1) is 18.5. The molecule has 1 rings (SSSR count). The number of ether oxygens (including phenoxy) is 3. The molecule has 1 aromatic rings. The van der Waals surface area contributed by atoms with Crippen molar-refractivity contribution in [1.29, 1.82) is 5.26 Å². The molecule has 0 radical (unpaired) electrons. The Bertz CT molecular complexity index is 565. The van der Waals surface area contributed by atoms with Crippen molar-refractivity contribution in [2.75, 3.05) is 20.3 Å². The first-order chi connectivity index (χ1) is 11.0. The Morgan fingerprint density at radius 3 is 2.43 bits per heavy atom. The standard InChI is InChI=1S/C16H20N2O5/c1-11(15(19)18-8-9-21-3)23-16(20)12(2)22-14-6-4-13(10-17)5-7-14/h4-7,11-12H,8-9H2,1-3H3,(H,18,19)/t11-,12+/m0/s1. The summed E-state index contributed by atoms with van der Waals surface area (Å²) < 4.78 is 15.3. The van der Waals surface area contributed by atoms with Crippen molar-refractivity contribution >= 4 is 11.9 Å². The molecule has 2 atom stereocenters. The van der Waals surface area contributed by atoms with E-state index in [9.17, 15) is 9.59 Å². The van der Waals surface area contributed by atoms with Crippen molar-refractivity contribution in [1.82, 2.24) is 5.32 Å². The van der Waals surface area contributed by atoms with Crippen LogP contribution in [0.25, 0.3) is 0 Å². The van der Waals surface area contributed by atoms with E-state index in [0.717, 1.165) is 0 Å². The van der Waals surface area contributed by atoms with Crippen LogP contribution in [-0.2, 0) is 19.1 Å². The number of hydrogen-bond donors (Lipinski definition) is 1. The monoisotopic (exact) mass is 320 g/mol. The molecule has 0 spiro atoms. The van der Waals surface area contributed by atoms with Crippen LogP contribution in [-0.4, -0.2) is 44.3 Å². The number of nitrogens with zero attached hydrogens (tertiary/aromatic N) is 1. The van der Waals surface area contributed by atoms with Gasteiger partial charge in [-0.3, -0.25) is 4.79 Å². The molecule has 0 heterocycles. The van der Waals surface area contributed by atoms with Gasteiger partial charge in [0.25, 0.3) is 5.91 Å². The fourth-order valence-electron chi connectivity index (χ4n) is 1.60. The van der Waals surface area contributed by atoms with Crippen LogP contribution < -0.4 is 10.1 Å². The van der Waals surface area contributed by atoms with Gasteiger partial charge in [-0.2, -0.15) is 5.26 Å². The molecule has 0 saturated heterocycles. The highest BCUT2D eigenvalue weighted by molar-refractivity contribution is 5.84. The van der Waals surface area contributed by atoms with Gasteiger partial charge in [-0.1, -0.05) is 0 Å². The highest BCUT2D eigenvalue weighted by Crippen LogP contribution is 2.14. The van der Waals surface area contributed by atoms with Crippen molar-refractivity contribution in [2.45, 2.75) is 26.1 Å². The van der Waals surface area contributed by atoms with E-state index in [-0.39, 0.29) is 0 Å². The van der Waals surface area contributed by atoms with Gasteiger partial charge in [-0.25, -0.2) is 4.79 Å². The Morgan fingerprint density at radius 1 is 1.22 bits per heavy atom.